The molecule has 0 aliphatic carbocycles. The van der Waals surface area contributed by atoms with Gasteiger partial charge in [0.2, 0.25) is 5.95 Å². The van der Waals surface area contributed by atoms with Crippen molar-refractivity contribution in [3.8, 4) is 0 Å². The summed E-state index contributed by atoms with van der Waals surface area (Å²) in [6.45, 7) is 4.04. The van der Waals surface area contributed by atoms with Gasteiger partial charge >= 0.3 is 0 Å². The van der Waals surface area contributed by atoms with Gasteiger partial charge in [-0.1, -0.05) is 6.07 Å². The van der Waals surface area contributed by atoms with Crippen LogP contribution in [0.5, 0.6) is 0 Å². The molecule has 138 valence electrons. The van der Waals surface area contributed by atoms with E-state index in [1.807, 2.05) is 6.07 Å². The maximum absolute atomic E-state index is 13.6. The lowest BCUT2D eigenvalue weighted by atomic mass is 9.94. The number of nitrogens with zero attached hydrogens (tertiary/aromatic N) is 3. The van der Waals surface area contributed by atoms with Crippen molar-refractivity contribution in [3.63, 3.8) is 0 Å². The Balaban J connectivity index is 1.41. The van der Waals surface area contributed by atoms with Gasteiger partial charge in [-0.3, -0.25) is 0 Å². The van der Waals surface area contributed by atoms with E-state index in [2.05, 4.69) is 20.2 Å². The summed E-state index contributed by atoms with van der Waals surface area (Å²) in [6.07, 6.45) is 4.33. The highest BCUT2D eigenvalue weighted by molar-refractivity contribution is 5.47. The van der Waals surface area contributed by atoms with Crippen LogP contribution in [0, 0.1) is 11.7 Å². The van der Waals surface area contributed by atoms with Gasteiger partial charge in [-0.25, -0.2) is 14.4 Å². The summed E-state index contributed by atoms with van der Waals surface area (Å²) in [5, 5.41) is 3.27. The Kier molecular flexibility index (Phi) is 4.99. The first kappa shape index (κ1) is 17.2. The Hall–Kier alpha value is -2.25. The standard InChI is InChI=1S/C19H23FN4O2/c20-16-3-1-4-17(9-16)24-7-8-25-14-19(13-24)10-15(12-26-19)11-23-18-21-5-2-6-22-18/h1-6,9,15H,7-8,10-14H2,(H,21,22,23)/t15-,19+/m1/s1. The van der Waals surface area contributed by atoms with Gasteiger partial charge in [0, 0.05) is 43.6 Å². The zero-order valence-corrected chi connectivity index (χ0v) is 14.6. The van der Waals surface area contributed by atoms with Crippen LogP contribution < -0.4 is 10.2 Å². The highest BCUT2D eigenvalue weighted by atomic mass is 19.1. The maximum atomic E-state index is 13.6. The topological polar surface area (TPSA) is 59.5 Å². The summed E-state index contributed by atoms with van der Waals surface area (Å²) in [5.41, 5.74) is 0.518. The highest BCUT2D eigenvalue weighted by Gasteiger charge is 2.43. The molecular weight excluding hydrogens is 335 g/mol. The Morgan fingerprint density at radius 3 is 3.00 bits per heavy atom. The summed E-state index contributed by atoms with van der Waals surface area (Å²) in [4.78, 5) is 10.5. The second kappa shape index (κ2) is 7.55. The summed E-state index contributed by atoms with van der Waals surface area (Å²) < 4.78 is 25.6. The van der Waals surface area contributed by atoms with Crippen LogP contribution >= 0.6 is 0 Å². The molecule has 2 saturated heterocycles. The van der Waals surface area contributed by atoms with Crippen LogP contribution in [0.4, 0.5) is 16.0 Å². The molecule has 0 radical (unpaired) electrons. The molecule has 26 heavy (non-hydrogen) atoms. The quantitative estimate of drug-likeness (QED) is 0.905. The Morgan fingerprint density at radius 1 is 1.27 bits per heavy atom. The van der Waals surface area contributed by atoms with Gasteiger partial charge in [-0.2, -0.15) is 0 Å². The summed E-state index contributed by atoms with van der Waals surface area (Å²) in [6, 6.07) is 8.50. The fourth-order valence-corrected chi connectivity index (χ4v) is 3.71. The molecule has 4 rings (SSSR count). The molecule has 0 unspecified atom stereocenters. The molecule has 2 fully saturated rings. The molecule has 1 spiro atoms. The SMILES string of the molecule is Fc1cccc(N2CCOC[C@]3(C[C@H](CNc4ncccn4)CO3)C2)c1. The number of aromatic nitrogens is 2. The van der Waals surface area contributed by atoms with Crippen molar-refractivity contribution in [1.82, 2.24) is 9.97 Å². The van der Waals surface area contributed by atoms with Crippen LogP contribution in [-0.4, -0.2) is 55.0 Å². The molecule has 3 heterocycles. The van der Waals surface area contributed by atoms with Crippen molar-refractivity contribution < 1.29 is 13.9 Å². The summed E-state index contributed by atoms with van der Waals surface area (Å²) >= 11 is 0. The van der Waals surface area contributed by atoms with Crippen LogP contribution in [0.15, 0.2) is 42.7 Å². The molecular formula is C19H23FN4O2. The summed E-state index contributed by atoms with van der Waals surface area (Å²) in [7, 11) is 0. The highest BCUT2D eigenvalue weighted by Crippen LogP contribution is 2.34. The lowest BCUT2D eigenvalue weighted by Gasteiger charge is -2.32. The van der Waals surface area contributed by atoms with Crippen LogP contribution in [0.2, 0.25) is 0 Å². The minimum Gasteiger partial charge on any atom is -0.377 e. The van der Waals surface area contributed by atoms with Crippen LogP contribution in [0.25, 0.3) is 0 Å². The zero-order chi connectivity index (χ0) is 17.8. The fourth-order valence-electron chi connectivity index (χ4n) is 3.71. The van der Waals surface area contributed by atoms with Gasteiger partial charge < -0.3 is 19.7 Å². The van der Waals surface area contributed by atoms with Crippen molar-refractivity contribution in [2.45, 2.75) is 12.0 Å². The molecule has 1 aromatic heterocycles. The minimum atomic E-state index is -0.354. The molecule has 1 N–H and O–H groups in total. The van der Waals surface area contributed by atoms with Crippen molar-refractivity contribution >= 4 is 11.6 Å². The second-order valence-corrected chi connectivity index (χ2v) is 6.97. The van der Waals surface area contributed by atoms with Gasteiger partial charge in [0.15, 0.2) is 0 Å². The third-order valence-electron chi connectivity index (χ3n) is 4.92. The van der Waals surface area contributed by atoms with E-state index in [9.17, 15) is 4.39 Å². The molecule has 2 aliphatic rings. The van der Waals surface area contributed by atoms with Crippen molar-refractivity contribution in [3.05, 3.63) is 48.5 Å². The predicted octanol–water partition coefficient (Wildman–Crippen LogP) is 2.34. The lowest BCUT2D eigenvalue weighted by molar-refractivity contribution is -0.0456. The third kappa shape index (κ3) is 3.94. The number of hydrogen-bond donors (Lipinski definition) is 1. The molecule has 2 aliphatic heterocycles. The minimum absolute atomic E-state index is 0.223. The second-order valence-electron chi connectivity index (χ2n) is 6.97. The smallest absolute Gasteiger partial charge is 0.222 e. The monoisotopic (exact) mass is 358 g/mol. The van der Waals surface area contributed by atoms with Crippen LogP contribution in [0.3, 0.4) is 0 Å². The maximum Gasteiger partial charge on any atom is 0.222 e. The zero-order valence-electron chi connectivity index (χ0n) is 14.6. The molecule has 2 atom stereocenters. The van der Waals surface area contributed by atoms with Crippen LogP contribution in [0.1, 0.15) is 6.42 Å². The van der Waals surface area contributed by atoms with E-state index in [-0.39, 0.29) is 11.4 Å². The van der Waals surface area contributed by atoms with E-state index in [1.165, 1.54) is 6.07 Å². The first-order valence-electron chi connectivity index (χ1n) is 8.96. The molecule has 7 heteroatoms. The number of nitrogens with one attached hydrogen (secondary N) is 1. The molecule has 6 nitrogen and oxygen atoms in total. The average molecular weight is 358 g/mol. The average Bonchev–Trinajstić information content (AvgIpc) is 2.94. The number of anilines is 2. The Labute approximate surface area is 152 Å². The van der Waals surface area contributed by atoms with E-state index in [0.29, 0.717) is 38.2 Å². The molecule has 0 bridgehead atoms. The summed E-state index contributed by atoms with van der Waals surface area (Å²) in [5.74, 6) is 0.765. The van der Waals surface area contributed by atoms with Gasteiger partial charge in [0.1, 0.15) is 11.4 Å². The first-order chi connectivity index (χ1) is 12.7. The number of rotatable bonds is 4. The van der Waals surface area contributed by atoms with E-state index in [4.69, 9.17) is 9.47 Å². The lowest BCUT2D eigenvalue weighted by Crippen LogP contribution is -2.44. The van der Waals surface area contributed by atoms with E-state index >= 15 is 0 Å². The van der Waals surface area contributed by atoms with Gasteiger partial charge in [0.05, 0.1) is 19.8 Å². The molecule has 0 amide bonds. The largest absolute Gasteiger partial charge is 0.377 e. The van der Waals surface area contributed by atoms with Gasteiger partial charge in [0.25, 0.3) is 0 Å². The van der Waals surface area contributed by atoms with E-state index in [0.717, 1.165) is 25.2 Å². The van der Waals surface area contributed by atoms with Crippen LogP contribution in [-0.2, 0) is 9.47 Å². The number of halogens is 1. The number of benzene rings is 1. The fraction of sp³-hybridized carbons (Fsp3) is 0.474. The van der Waals surface area contributed by atoms with Gasteiger partial charge in [-0.05, 0) is 30.7 Å². The predicted molar refractivity (Wildman–Crippen MR) is 96.7 cm³/mol. The van der Waals surface area contributed by atoms with E-state index in [1.54, 1.807) is 30.6 Å². The molecule has 2 aromatic rings. The van der Waals surface area contributed by atoms with E-state index < -0.39 is 0 Å². The number of hydrogen-bond acceptors (Lipinski definition) is 6. The van der Waals surface area contributed by atoms with Gasteiger partial charge in [-0.15, -0.1) is 0 Å². The molecule has 0 saturated carbocycles. The third-order valence-corrected chi connectivity index (χ3v) is 4.92. The van der Waals surface area contributed by atoms with Crippen molar-refractivity contribution in [2.24, 2.45) is 5.92 Å². The normalized spacial score (nSPS) is 26.0. The Bertz CT molecular complexity index is 732. The number of ether oxygens (including phenoxy) is 2. The Morgan fingerprint density at radius 2 is 2.15 bits per heavy atom. The van der Waals surface area contributed by atoms with Crippen molar-refractivity contribution in [2.75, 3.05) is 49.7 Å². The first-order valence-corrected chi connectivity index (χ1v) is 8.96. The van der Waals surface area contributed by atoms with Crippen molar-refractivity contribution in [1.29, 1.82) is 0 Å². The molecule has 1 aromatic carbocycles.